The maximum absolute atomic E-state index is 14.2. The Kier molecular flexibility index (Phi) is 6.95. The second kappa shape index (κ2) is 10.4. The molecule has 10 heteroatoms. The Morgan fingerprint density at radius 1 is 1.02 bits per heavy atom. The van der Waals surface area contributed by atoms with Crippen molar-refractivity contribution < 1.29 is 22.3 Å². The molecule has 1 N–H and O–H groups in total. The van der Waals surface area contributed by atoms with Crippen molar-refractivity contribution in [3.8, 4) is 28.0 Å². The minimum atomic E-state index is -4.04. The normalized spacial score (nSPS) is 11.4. The molecule has 40 heavy (non-hydrogen) atoms. The molecule has 8 nitrogen and oxygen atoms in total. The molecule has 2 aromatic carbocycles. The predicted octanol–water partition coefficient (Wildman–Crippen LogP) is 5.89. The molecule has 202 valence electrons. The molecule has 0 aliphatic carbocycles. The highest BCUT2D eigenvalue weighted by molar-refractivity contribution is 7.90. The molecule has 1 amide bonds. The summed E-state index contributed by atoms with van der Waals surface area (Å²) in [5, 5.41) is 3.26. The summed E-state index contributed by atoms with van der Waals surface area (Å²) in [4.78, 5) is 20.3. The second-order valence-electron chi connectivity index (χ2n) is 9.16. The third-order valence-electron chi connectivity index (χ3n) is 6.56. The van der Waals surface area contributed by atoms with Gasteiger partial charge in [0.1, 0.15) is 5.75 Å². The van der Waals surface area contributed by atoms with Crippen molar-refractivity contribution in [2.75, 3.05) is 12.4 Å². The summed E-state index contributed by atoms with van der Waals surface area (Å²) in [6, 6.07) is 14.6. The number of aryl methyl sites for hydroxylation is 2. The third kappa shape index (κ3) is 4.85. The van der Waals surface area contributed by atoms with Crippen LogP contribution in [0.15, 0.2) is 90.7 Å². The number of nitrogens with one attached hydrogen (secondary N) is 1. The van der Waals surface area contributed by atoms with Crippen LogP contribution < -0.4 is 10.1 Å². The lowest BCUT2D eigenvalue weighted by atomic mass is 9.96. The monoisotopic (exact) mass is 556 g/mol. The Bertz CT molecular complexity index is 1900. The number of methoxy groups -OCH3 is 1. The van der Waals surface area contributed by atoms with Crippen LogP contribution in [0.25, 0.3) is 33.3 Å². The first kappa shape index (κ1) is 26.8. The molecule has 0 radical (unpaired) electrons. The number of carbonyl (C=O) groups excluding carboxylic acids is 1. The topological polar surface area (TPSA) is 103 Å². The summed E-state index contributed by atoms with van der Waals surface area (Å²) < 4.78 is 48.3. The Labute approximate surface area is 230 Å². The maximum Gasteiger partial charge on any atom is 0.269 e. The number of aromatic nitrogens is 3. The first-order valence-corrected chi connectivity index (χ1v) is 13.6. The quantitative estimate of drug-likeness (QED) is 0.198. The zero-order valence-corrected chi connectivity index (χ0v) is 22.8. The standard InChI is InChI=1S/C30H25FN4O4S/c1-5-28(36)34-22-12-21(13-23(15-22)39-4)25-16-33-30-29(19(25)3)26(20-10-11-32-27(31)14-20)17-35(30)40(37,38)24-8-6-18(2)7-9-24/h5-17H,1H2,2-4H3,(H,34,36). The van der Waals surface area contributed by atoms with Crippen molar-refractivity contribution in [2.45, 2.75) is 18.7 Å². The van der Waals surface area contributed by atoms with Gasteiger partial charge >= 0.3 is 0 Å². The summed E-state index contributed by atoms with van der Waals surface area (Å²) in [5.41, 5.74) is 4.55. The van der Waals surface area contributed by atoms with Gasteiger partial charge in [0, 0.05) is 52.9 Å². The minimum absolute atomic E-state index is 0.0985. The summed E-state index contributed by atoms with van der Waals surface area (Å²) in [6.07, 6.45) is 5.52. The molecule has 5 rings (SSSR count). The van der Waals surface area contributed by atoms with Crippen molar-refractivity contribution in [1.29, 1.82) is 0 Å². The fraction of sp³-hybridized carbons (Fsp3) is 0.100. The van der Waals surface area contributed by atoms with Crippen molar-refractivity contribution in [2.24, 2.45) is 0 Å². The number of benzene rings is 2. The van der Waals surface area contributed by atoms with Crippen LogP contribution in [0.2, 0.25) is 0 Å². The highest BCUT2D eigenvalue weighted by atomic mass is 32.2. The van der Waals surface area contributed by atoms with E-state index in [1.54, 1.807) is 54.7 Å². The van der Waals surface area contributed by atoms with Gasteiger partial charge in [-0.3, -0.25) is 4.79 Å². The molecule has 3 aromatic heterocycles. The van der Waals surface area contributed by atoms with Crippen LogP contribution in [0.5, 0.6) is 5.75 Å². The highest BCUT2D eigenvalue weighted by Crippen LogP contribution is 2.39. The van der Waals surface area contributed by atoms with E-state index in [4.69, 9.17) is 4.74 Å². The van der Waals surface area contributed by atoms with E-state index in [1.807, 2.05) is 13.8 Å². The molecule has 3 heterocycles. The fourth-order valence-electron chi connectivity index (χ4n) is 4.55. The van der Waals surface area contributed by atoms with Crippen molar-refractivity contribution >= 4 is 32.7 Å². The van der Waals surface area contributed by atoms with Crippen LogP contribution in [-0.2, 0) is 14.8 Å². The van der Waals surface area contributed by atoms with Crippen LogP contribution >= 0.6 is 0 Å². The number of nitrogens with zero attached hydrogens (tertiary/aromatic N) is 3. The largest absolute Gasteiger partial charge is 0.497 e. The molecule has 0 aliphatic heterocycles. The van der Waals surface area contributed by atoms with Crippen LogP contribution in [-0.4, -0.2) is 35.4 Å². The van der Waals surface area contributed by atoms with Crippen LogP contribution in [0, 0.1) is 19.8 Å². The van der Waals surface area contributed by atoms with E-state index in [0.717, 1.165) is 15.6 Å². The summed E-state index contributed by atoms with van der Waals surface area (Å²) in [7, 11) is -2.53. The van der Waals surface area contributed by atoms with Gasteiger partial charge < -0.3 is 10.1 Å². The number of hydrogen-bond acceptors (Lipinski definition) is 6. The van der Waals surface area contributed by atoms with Gasteiger partial charge in [0.05, 0.1) is 12.0 Å². The SMILES string of the molecule is C=CC(=O)Nc1cc(OC)cc(-c2cnc3c(c(-c4ccnc(F)c4)cn3S(=O)(=O)c3ccc(C)cc3)c2C)c1. The van der Waals surface area contributed by atoms with Gasteiger partial charge in [0.25, 0.3) is 10.0 Å². The number of amides is 1. The third-order valence-corrected chi connectivity index (χ3v) is 8.23. The van der Waals surface area contributed by atoms with E-state index in [0.29, 0.717) is 44.6 Å². The number of pyridine rings is 2. The van der Waals surface area contributed by atoms with E-state index < -0.39 is 16.0 Å². The van der Waals surface area contributed by atoms with E-state index in [2.05, 4.69) is 21.9 Å². The molecule has 0 fully saturated rings. The van der Waals surface area contributed by atoms with Gasteiger partial charge in [-0.1, -0.05) is 24.3 Å². The summed E-state index contributed by atoms with van der Waals surface area (Å²) in [6.45, 7) is 7.20. The van der Waals surface area contributed by atoms with Gasteiger partial charge in [-0.15, -0.1) is 0 Å². The fourth-order valence-corrected chi connectivity index (χ4v) is 5.86. The number of halogens is 1. The first-order valence-electron chi connectivity index (χ1n) is 12.2. The lowest BCUT2D eigenvalue weighted by Crippen LogP contribution is -2.12. The van der Waals surface area contributed by atoms with Gasteiger partial charge in [-0.2, -0.15) is 4.39 Å². The van der Waals surface area contributed by atoms with Gasteiger partial charge in [-0.25, -0.2) is 22.4 Å². The number of carbonyl (C=O) groups is 1. The van der Waals surface area contributed by atoms with Crippen molar-refractivity contribution in [1.82, 2.24) is 13.9 Å². The zero-order valence-electron chi connectivity index (χ0n) is 22.0. The van der Waals surface area contributed by atoms with E-state index in [-0.39, 0.29) is 16.4 Å². The average Bonchev–Trinajstić information content (AvgIpc) is 3.35. The number of fused-ring (bicyclic) bond motifs is 1. The highest BCUT2D eigenvalue weighted by Gasteiger charge is 2.25. The Morgan fingerprint density at radius 2 is 1.77 bits per heavy atom. The van der Waals surface area contributed by atoms with Crippen LogP contribution in [0.1, 0.15) is 11.1 Å². The lowest BCUT2D eigenvalue weighted by molar-refractivity contribution is -0.111. The zero-order chi connectivity index (χ0) is 28.6. The molecule has 0 saturated heterocycles. The average molecular weight is 557 g/mol. The number of hydrogen-bond donors (Lipinski definition) is 1. The van der Waals surface area contributed by atoms with E-state index in [9.17, 15) is 17.6 Å². The van der Waals surface area contributed by atoms with E-state index in [1.165, 1.54) is 25.6 Å². The van der Waals surface area contributed by atoms with Crippen LogP contribution in [0.3, 0.4) is 0 Å². The van der Waals surface area contributed by atoms with Crippen LogP contribution in [0.4, 0.5) is 10.1 Å². The van der Waals surface area contributed by atoms with E-state index >= 15 is 0 Å². The Morgan fingerprint density at radius 3 is 2.45 bits per heavy atom. The molecule has 0 unspecified atom stereocenters. The second-order valence-corrected chi connectivity index (χ2v) is 11.0. The van der Waals surface area contributed by atoms with Crippen molar-refractivity contribution in [3.63, 3.8) is 0 Å². The summed E-state index contributed by atoms with van der Waals surface area (Å²) in [5.74, 6) is -0.589. The van der Waals surface area contributed by atoms with Crippen molar-refractivity contribution in [3.05, 3.63) is 103 Å². The van der Waals surface area contributed by atoms with Gasteiger partial charge in [-0.05, 0) is 66.9 Å². The number of anilines is 1. The molecule has 0 spiro atoms. The maximum atomic E-state index is 14.2. The molecule has 5 aromatic rings. The van der Waals surface area contributed by atoms with Gasteiger partial charge in [0.15, 0.2) is 5.65 Å². The molecular formula is C30H25FN4O4S. The smallest absolute Gasteiger partial charge is 0.269 e. The molecule has 0 bridgehead atoms. The Hall–Kier alpha value is -4.83. The van der Waals surface area contributed by atoms with Gasteiger partial charge in [0.2, 0.25) is 11.9 Å². The minimum Gasteiger partial charge on any atom is -0.497 e. The molecule has 0 aliphatic rings. The first-order chi connectivity index (χ1) is 19.1. The number of ether oxygens (including phenoxy) is 1. The predicted molar refractivity (Wildman–Crippen MR) is 152 cm³/mol. The molecule has 0 saturated carbocycles. The number of rotatable bonds is 7. The Balaban J connectivity index is 1.78. The molecule has 0 atom stereocenters. The lowest BCUT2D eigenvalue weighted by Gasteiger charge is -2.13. The summed E-state index contributed by atoms with van der Waals surface area (Å²) >= 11 is 0. The molecular weight excluding hydrogens is 531 g/mol.